The van der Waals surface area contributed by atoms with E-state index < -0.39 is 0 Å². The number of carbonyl (C=O) groups excluding carboxylic acids is 1. The number of anilines is 2. The predicted molar refractivity (Wildman–Crippen MR) is 111 cm³/mol. The highest BCUT2D eigenvalue weighted by molar-refractivity contribution is 6.02. The second-order valence-electron chi connectivity index (χ2n) is 6.71. The zero-order valence-electron chi connectivity index (χ0n) is 16.3. The fraction of sp³-hybridized carbons (Fsp3) is 0.227. The summed E-state index contributed by atoms with van der Waals surface area (Å²) in [6.07, 6.45) is 3.13. The van der Waals surface area contributed by atoms with Gasteiger partial charge in [-0.25, -0.2) is 9.97 Å². The number of hydrogen-bond donors (Lipinski definition) is 2. The minimum absolute atomic E-state index is 0.105. The molecule has 1 heterocycles. The minimum atomic E-state index is -0.310. The van der Waals surface area contributed by atoms with Crippen LogP contribution in [0.15, 0.2) is 60.9 Å². The first-order chi connectivity index (χ1) is 13.5. The molecule has 0 fully saturated rings. The van der Waals surface area contributed by atoms with E-state index in [1.54, 1.807) is 18.3 Å². The molecule has 0 spiro atoms. The van der Waals surface area contributed by atoms with Gasteiger partial charge >= 0.3 is 0 Å². The molecule has 0 bridgehead atoms. The van der Waals surface area contributed by atoms with Gasteiger partial charge in [-0.05, 0) is 56.2 Å². The highest BCUT2D eigenvalue weighted by atomic mass is 16.5. The molecule has 2 N–H and O–H groups in total. The Balaban J connectivity index is 1.56. The Labute approximate surface area is 165 Å². The number of aromatic nitrogens is 2. The Bertz CT molecular complexity index is 922. The fourth-order valence-electron chi connectivity index (χ4n) is 2.61. The molecule has 144 valence electrons. The number of ether oxygens (including phenoxy) is 1. The van der Waals surface area contributed by atoms with Crippen LogP contribution in [0, 0.1) is 6.92 Å². The van der Waals surface area contributed by atoms with Crippen molar-refractivity contribution in [3.63, 3.8) is 0 Å². The maximum Gasteiger partial charge on any atom is 0.275 e. The first-order valence-corrected chi connectivity index (χ1v) is 9.20. The molecule has 0 unspecified atom stereocenters. The summed E-state index contributed by atoms with van der Waals surface area (Å²) in [5.74, 6) is 1.07. The van der Waals surface area contributed by atoms with Crippen LogP contribution in [-0.2, 0) is 6.54 Å². The molecule has 0 saturated heterocycles. The van der Waals surface area contributed by atoms with Crippen LogP contribution < -0.4 is 15.4 Å². The van der Waals surface area contributed by atoms with Crippen LogP contribution >= 0.6 is 0 Å². The number of aryl methyl sites for hydroxylation is 1. The Morgan fingerprint density at radius 2 is 1.79 bits per heavy atom. The van der Waals surface area contributed by atoms with Crippen LogP contribution in [0.2, 0.25) is 0 Å². The zero-order valence-corrected chi connectivity index (χ0v) is 16.3. The van der Waals surface area contributed by atoms with Crippen LogP contribution in [0.25, 0.3) is 0 Å². The van der Waals surface area contributed by atoms with Crippen molar-refractivity contribution in [1.29, 1.82) is 0 Å². The van der Waals surface area contributed by atoms with Crippen molar-refractivity contribution in [2.24, 2.45) is 0 Å². The maximum atomic E-state index is 12.3. The zero-order chi connectivity index (χ0) is 19.9. The van der Waals surface area contributed by atoms with Gasteiger partial charge in [-0.1, -0.05) is 24.3 Å². The van der Waals surface area contributed by atoms with E-state index in [0.29, 0.717) is 18.1 Å². The molecule has 0 saturated carbocycles. The highest BCUT2D eigenvalue weighted by Crippen LogP contribution is 2.17. The average molecular weight is 376 g/mol. The summed E-state index contributed by atoms with van der Waals surface area (Å²) in [6.45, 7) is 6.65. The molecule has 1 amide bonds. The molecule has 6 heteroatoms. The average Bonchev–Trinajstić information content (AvgIpc) is 2.69. The molecule has 1 aromatic heterocycles. The molecule has 6 nitrogen and oxygen atoms in total. The standard InChI is InChI=1S/C22H24N4O2/c1-15(2)28-19-10-8-18(9-11-19)26-22(27)20-13-25-21(14-23-20)24-12-17-7-5-4-6-16(17)3/h4-11,13-15H,12H2,1-3H3,(H,24,25)(H,26,27). The largest absolute Gasteiger partial charge is 0.491 e. The van der Waals surface area contributed by atoms with Crippen molar-refractivity contribution in [3.05, 3.63) is 77.7 Å². The molecule has 0 aliphatic rings. The normalized spacial score (nSPS) is 10.6. The summed E-state index contributed by atoms with van der Waals surface area (Å²) < 4.78 is 5.59. The van der Waals surface area contributed by atoms with E-state index in [-0.39, 0.29) is 17.7 Å². The lowest BCUT2D eigenvalue weighted by Crippen LogP contribution is -2.14. The van der Waals surface area contributed by atoms with Crippen LogP contribution in [0.3, 0.4) is 0 Å². The van der Waals surface area contributed by atoms with Gasteiger partial charge in [0.2, 0.25) is 0 Å². The number of rotatable bonds is 7. The predicted octanol–water partition coefficient (Wildman–Crippen LogP) is 4.44. The van der Waals surface area contributed by atoms with Gasteiger partial charge in [0.25, 0.3) is 5.91 Å². The Morgan fingerprint density at radius 1 is 1.04 bits per heavy atom. The van der Waals surface area contributed by atoms with Gasteiger partial charge < -0.3 is 15.4 Å². The highest BCUT2D eigenvalue weighted by Gasteiger charge is 2.09. The third-order valence-corrected chi connectivity index (χ3v) is 4.09. The van der Waals surface area contributed by atoms with Crippen LogP contribution in [0.5, 0.6) is 5.75 Å². The quantitative estimate of drug-likeness (QED) is 0.638. The molecule has 0 radical (unpaired) electrons. The Morgan fingerprint density at radius 3 is 2.43 bits per heavy atom. The first kappa shape index (κ1) is 19.4. The molecule has 2 aromatic carbocycles. The van der Waals surface area contributed by atoms with E-state index in [1.807, 2.05) is 38.1 Å². The molecular formula is C22H24N4O2. The summed E-state index contributed by atoms with van der Waals surface area (Å²) in [6, 6.07) is 15.4. The number of hydrogen-bond acceptors (Lipinski definition) is 5. The summed E-state index contributed by atoms with van der Waals surface area (Å²) in [7, 11) is 0. The molecule has 28 heavy (non-hydrogen) atoms. The Kier molecular flexibility index (Phi) is 6.22. The van der Waals surface area contributed by atoms with Gasteiger partial charge in [-0.3, -0.25) is 4.79 Å². The SMILES string of the molecule is Cc1ccccc1CNc1cnc(C(=O)Nc2ccc(OC(C)C)cc2)cn1. The number of nitrogens with one attached hydrogen (secondary N) is 2. The minimum Gasteiger partial charge on any atom is -0.491 e. The third-order valence-electron chi connectivity index (χ3n) is 4.09. The molecule has 0 atom stereocenters. The lowest BCUT2D eigenvalue weighted by atomic mass is 10.1. The van der Waals surface area contributed by atoms with E-state index >= 15 is 0 Å². The van der Waals surface area contributed by atoms with Gasteiger partial charge in [-0.2, -0.15) is 0 Å². The first-order valence-electron chi connectivity index (χ1n) is 9.20. The number of benzene rings is 2. The summed E-state index contributed by atoms with van der Waals surface area (Å²) in [5.41, 5.74) is 3.33. The van der Waals surface area contributed by atoms with Gasteiger partial charge in [0.1, 0.15) is 17.3 Å². The van der Waals surface area contributed by atoms with E-state index in [2.05, 4.69) is 39.7 Å². The number of nitrogens with zero attached hydrogens (tertiary/aromatic N) is 2. The Hall–Kier alpha value is -3.41. The van der Waals surface area contributed by atoms with Crippen LogP contribution in [0.4, 0.5) is 11.5 Å². The second kappa shape index (κ2) is 8.99. The number of amides is 1. The molecule has 0 aliphatic carbocycles. The number of carbonyl (C=O) groups is 1. The van der Waals surface area contributed by atoms with Gasteiger partial charge in [0.05, 0.1) is 18.5 Å². The van der Waals surface area contributed by atoms with E-state index in [1.165, 1.54) is 17.3 Å². The second-order valence-corrected chi connectivity index (χ2v) is 6.71. The van der Waals surface area contributed by atoms with Crippen molar-refractivity contribution in [2.45, 2.75) is 33.4 Å². The van der Waals surface area contributed by atoms with Gasteiger partial charge in [0, 0.05) is 12.2 Å². The molecular weight excluding hydrogens is 352 g/mol. The van der Waals surface area contributed by atoms with Gasteiger partial charge in [0.15, 0.2) is 0 Å². The smallest absolute Gasteiger partial charge is 0.275 e. The lowest BCUT2D eigenvalue weighted by Gasteiger charge is -2.11. The van der Waals surface area contributed by atoms with E-state index in [0.717, 1.165) is 5.75 Å². The van der Waals surface area contributed by atoms with Crippen molar-refractivity contribution in [3.8, 4) is 5.75 Å². The van der Waals surface area contributed by atoms with E-state index in [4.69, 9.17) is 4.74 Å². The van der Waals surface area contributed by atoms with Crippen molar-refractivity contribution in [1.82, 2.24) is 9.97 Å². The summed E-state index contributed by atoms with van der Waals surface area (Å²) in [5, 5.41) is 6.03. The van der Waals surface area contributed by atoms with Crippen LogP contribution in [0.1, 0.15) is 35.5 Å². The summed E-state index contributed by atoms with van der Waals surface area (Å²) >= 11 is 0. The summed E-state index contributed by atoms with van der Waals surface area (Å²) in [4.78, 5) is 20.8. The van der Waals surface area contributed by atoms with Crippen molar-refractivity contribution >= 4 is 17.4 Å². The molecule has 3 aromatic rings. The third kappa shape index (κ3) is 5.30. The monoisotopic (exact) mass is 376 g/mol. The lowest BCUT2D eigenvalue weighted by molar-refractivity contribution is 0.102. The van der Waals surface area contributed by atoms with Gasteiger partial charge in [-0.15, -0.1) is 0 Å². The van der Waals surface area contributed by atoms with Crippen molar-refractivity contribution < 1.29 is 9.53 Å². The van der Waals surface area contributed by atoms with Crippen molar-refractivity contribution in [2.75, 3.05) is 10.6 Å². The topological polar surface area (TPSA) is 76.1 Å². The van der Waals surface area contributed by atoms with E-state index in [9.17, 15) is 4.79 Å². The molecule has 3 rings (SSSR count). The molecule has 0 aliphatic heterocycles. The maximum absolute atomic E-state index is 12.3. The van der Waals surface area contributed by atoms with Crippen LogP contribution in [-0.4, -0.2) is 22.0 Å². The fourth-order valence-corrected chi connectivity index (χ4v) is 2.61.